The maximum absolute atomic E-state index is 12.8. The van der Waals surface area contributed by atoms with Crippen LogP contribution in [0.15, 0.2) is 47.4 Å². The zero-order chi connectivity index (χ0) is 24.3. The Balaban J connectivity index is 1.31. The maximum Gasteiger partial charge on any atom is 0.240 e. The fourth-order valence-electron chi connectivity index (χ4n) is 4.32. The van der Waals surface area contributed by atoms with Gasteiger partial charge in [0.25, 0.3) is 0 Å². The van der Waals surface area contributed by atoms with E-state index in [1.165, 1.54) is 12.1 Å². The molecule has 4 unspecified atom stereocenters. The Kier molecular flexibility index (Phi) is 7.42. The summed E-state index contributed by atoms with van der Waals surface area (Å²) in [7, 11) is -2.25. The summed E-state index contributed by atoms with van der Waals surface area (Å²) in [5.41, 5.74) is 2.17. The quantitative estimate of drug-likeness (QED) is 0.487. The number of aliphatic hydroxyl groups excluding tert-OH is 1. The van der Waals surface area contributed by atoms with Gasteiger partial charge in [-0.25, -0.2) is 13.1 Å². The highest BCUT2D eigenvalue weighted by Crippen LogP contribution is 2.34. The van der Waals surface area contributed by atoms with Crippen LogP contribution >= 0.6 is 0 Å². The lowest BCUT2D eigenvalue weighted by molar-refractivity contribution is -0.127. The Morgan fingerprint density at radius 2 is 1.91 bits per heavy atom. The van der Waals surface area contributed by atoms with Crippen molar-refractivity contribution >= 4 is 15.9 Å². The van der Waals surface area contributed by atoms with Crippen LogP contribution in [0.5, 0.6) is 11.5 Å². The van der Waals surface area contributed by atoms with Crippen LogP contribution in [0, 0.1) is 5.92 Å². The van der Waals surface area contributed by atoms with Crippen molar-refractivity contribution in [1.29, 1.82) is 0 Å². The van der Waals surface area contributed by atoms with E-state index in [1.807, 2.05) is 24.3 Å². The lowest BCUT2D eigenvalue weighted by atomic mass is 10.0. The number of methoxy groups -OCH3 is 1. The molecule has 9 nitrogen and oxygen atoms in total. The Morgan fingerprint density at radius 1 is 1.18 bits per heavy atom. The van der Waals surface area contributed by atoms with Gasteiger partial charge in [-0.3, -0.25) is 4.79 Å². The first-order valence-corrected chi connectivity index (χ1v) is 12.7. The second-order valence-corrected chi connectivity index (χ2v) is 10.4. The zero-order valence-electron chi connectivity index (χ0n) is 19.2. The third-order valence-electron chi connectivity index (χ3n) is 6.19. The summed E-state index contributed by atoms with van der Waals surface area (Å²) in [6.07, 6.45) is -0.379. The number of ether oxygens (including phenoxy) is 3. The number of fused-ring (bicyclic) bond motifs is 2. The molecule has 2 aromatic rings. The third-order valence-corrected chi connectivity index (χ3v) is 7.61. The monoisotopic (exact) mass is 490 g/mol. The summed E-state index contributed by atoms with van der Waals surface area (Å²) in [5, 5.41) is 13.4. The number of amides is 1. The predicted octanol–water partition coefficient (Wildman–Crippen LogP) is 1.55. The smallest absolute Gasteiger partial charge is 0.240 e. The van der Waals surface area contributed by atoms with E-state index in [0.717, 1.165) is 17.5 Å². The van der Waals surface area contributed by atoms with Crippen molar-refractivity contribution in [1.82, 2.24) is 10.0 Å². The molecule has 1 aliphatic heterocycles. The van der Waals surface area contributed by atoms with Gasteiger partial charge in [0.2, 0.25) is 15.9 Å². The Hall–Kier alpha value is -2.66. The van der Waals surface area contributed by atoms with Crippen LogP contribution in [-0.2, 0) is 26.0 Å². The molecule has 1 amide bonds. The molecule has 0 spiro atoms. The standard InChI is InChI=1S/C24H30N2O7S/c1-15(24(28)26-23-19-6-4-3-5-16(19)12-22(23)31-2)11-17(27)14-25-34(29,30)18-7-8-20-21(13-18)33-10-9-32-20/h3-8,13,15,17,22-23,25,27H,9-12,14H2,1-2H3,(H,26,28). The van der Waals surface area contributed by atoms with E-state index < -0.39 is 22.0 Å². The van der Waals surface area contributed by atoms with Crippen LogP contribution in [0.25, 0.3) is 0 Å². The lowest BCUT2D eigenvalue weighted by Gasteiger charge is -2.24. The number of nitrogens with one attached hydrogen (secondary N) is 2. The minimum absolute atomic E-state index is 0.0141. The Bertz CT molecular complexity index is 1140. The number of hydrogen-bond donors (Lipinski definition) is 3. The van der Waals surface area contributed by atoms with Gasteiger partial charge < -0.3 is 24.6 Å². The predicted molar refractivity (Wildman–Crippen MR) is 124 cm³/mol. The molecule has 0 aromatic heterocycles. The van der Waals surface area contributed by atoms with Gasteiger partial charge in [0, 0.05) is 32.1 Å². The second-order valence-electron chi connectivity index (χ2n) is 8.61. The number of rotatable bonds is 9. The molecule has 1 aliphatic carbocycles. The summed E-state index contributed by atoms with van der Waals surface area (Å²) < 4.78 is 44.1. The minimum Gasteiger partial charge on any atom is -0.486 e. The van der Waals surface area contributed by atoms with Gasteiger partial charge in [0.05, 0.1) is 23.1 Å². The molecule has 0 bridgehead atoms. The number of aliphatic hydroxyl groups is 1. The summed E-state index contributed by atoms with van der Waals surface area (Å²) in [5.74, 6) is 0.102. The van der Waals surface area contributed by atoms with Crippen LogP contribution in [0.2, 0.25) is 0 Å². The maximum atomic E-state index is 12.8. The first kappa shape index (κ1) is 24.5. The van der Waals surface area contributed by atoms with Crippen LogP contribution in [0.4, 0.5) is 0 Å². The van der Waals surface area contributed by atoms with E-state index >= 15 is 0 Å². The molecule has 4 rings (SSSR count). The molecular formula is C24H30N2O7S. The second kappa shape index (κ2) is 10.3. The van der Waals surface area contributed by atoms with E-state index in [9.17, 15) is 18.3 Å². The van der Waals surface area contributed by atoms with Crippen LogP contribution < -0.4 is 19.5 Å². The topological polar surface area (TPSA) is 123 Å². The van der Waals surface area contributed by atoms with Gasteiger partial charge in [-0.1, -0.05) is 31.2 Å². The van der Waals surface area contributed by atoms with Crippen molar-refractivity contribution in [3.05, 3.63) is 53.6 Å². The van der Waals surface area contributed by atoms with E-state index in [-0.39, 0.29) is 35.9 Å². The summed E-state index contributed by atoms with van der Waals surface area (Å²) in [6.45, 7) is 2.24. The van der Waals surface area contributed by atoms with Gasteiger partial charge in [0.15, 0.2) is 11.5 Å². The molecule has 4 atom stereocenters. The number of benzene rings is 2. The molecule has 2 aliphatic rings. The zero-order valence-corrected chi connectivity index (χ0v) is 20.0. The molecule has 184 valence electrons. The minimum atomic E-state index is -3.87. The fraction of sp³-hybridized carbons (Fsp3) is 0.458. The molecule has 10 heteroatoms. The van der Waals surface area contributed by atoms with E-state index in [4.69, 9.17) is 14.2 Å². The van der Waals surface area contributed by atoms with E-state index in [1.54, 1.807) is 20.1 Å². The molecule has 3 N–H and O–H groups in total. The SMILES string of the molecule is COC1Cc2ccccc2C1NC(=O)C(C)CC(O)CNS(=O)(=O)c1ccc2c(c1)OCCO2. The van der Waals surface area contributed by atoms with Crippen LogP contribution in [0.1, 0.15) is 30.5 Å². The molecule has 0 saturated carbocycles. The first-order valence-electron chi connectivity index (χ1n) is 11.3. The van der Waals surface area contributed by atoms with Crippen molar-refractivity contribution in [2.45, 2.75) is 42.9 Å². The highest BCUT2D eigenvalue weighted by Gasteiger charge is 2.34. The van der Waals surface area contributed by atoms with E-state index in [2.05, 4.69) is 10.0 Å². The Morgan fingerprint density at radius 3 is 2.68 bits per heavy atom. The van der Waals surface area contributed by atoms with Crippen molar-refractivity contribution < 1.29 is 32.5 Å². The summed E-state index contributed by atoms with van der Waals surface area (Å²) in [4.78, 5) is 12.8. The van der Waals surface area contributed by atoms with Crippen molar-refractivity contribution in [3.8, 4) is 11.5 Å². The molecule has 0 saturated heterocycles. The first-order chi connectivity index (χ1) is 16.3. The molecule has 2 aromatic carbocycles. The van der Waals surface area contributed by atoms with Crippen molar-refractivity contribution in [2.75, 3.05) is 26.9 Å². The highest BCUT2D eigenvalue weighted by molar-refractivity contribution is 7.89. The van der Waals surface area contributed by atoms with Crippen LogP contribution in [0.3, 0.4) is 0 Å². The van der Waals surface area contributed by atoms with E-state index in [0.29, 0.717) is 24.7 Å². The van der Waals surface area contributed by atoms with Crippen molar-refractivity contribution in [2.24, 2.45) is 5.92 Å². The summed E-state index contributed by atoms with van der Waals surface area (Å²) >= 11 is 0. The number of sulfonamides is 1. The number of carbonyl (C=O) groups is 1. The molecule has 1 heterocycles. The number of hydrogen-bond acceptors (Lipinski definition) is 7. The van der Waals surface area contributed by atoms with Gasteiger partial charge in [-0.05, 0) is 29.7 Å². The van der Waals surface area contributed by atoms with Crippen molar-refractivity contribution in [3.63, 3.8) is 0 Å². The molecular weight excluding hydrogens is 460 g/mol. The largest absolute Gasteiger partial charge is 0.486 e. The molecule has 34 heavy (non-hydrogen) atoms. The van der Waals surface area contributed by atoms with Gasteiger partial charge in [-0.2, -0.15) is 0 Å². The fourth-order valence-corrected chi connectivity index (χ4v) is 5.41. The lowest BCUT2D eigenvalue weighted by Crippen LogP contribution is -2.40. The average Bonchev–Trinajstić information content (AvgIpc) is 3.20. The number of carbonyl (C=O) groups excluding carboxylic acids is 1. The van der Waals surface area contributed by atoms with Crippen LogP contribution in [-0.4, -0.2) is 58.5 Å². The molecule has 0 radical (unpaired) electrons. The average molecular weight is 491 g/mol. The summed E-state index contributed by atoms with van der Waals surface area (Å²) in [6, 6.07) is 12.0. The third kappa shape index (κ3) is 5.35. The Labute approximate surface area is 199 Å². The van der Waals surface area contributed by atoms with Gasteiger partial charge in [-0.15, -0.1) is 0 Å². The van der Waals surface area contributed by atoms with Gasteiger partial charge >= 0.3 is 0 Å². The normalized spacial score (nSPS) is 20.9. The highest BCUT2D eigenvalue weighted by atomic mass is 32.2. The van der Waals surface area contributed by atoms with Gasteiger partial charge in [0.1, 0.15) is 13.2 Å². The molecule has 0 fully saturated rings.